The van der Waals surface area contributed by atoms with Gasteiger partial charge in [-0.1, -0.05) is 0 Å². The van der Waals surface area contributed by atoms with Crippen molar-refractivity contribution < 1.29 is 13.2 Å². The lowest BCUT2D eigenvalue weighted by molar-refractivity contribution is 0.202. The minimum Gasteiger partial charge on any atom is -0.481 e. The maximum absolute atomic E-state index is 12.2. The van der Waals surface area contributed by atoms with E-state index in [4.69, 9.17) is 4.74 Å². The number of aromatic nitrogens is 3. The first-order chi connectivity index (χ1) is 11.8. The average molecular weight is 364 g/mol. The van der Waals surface area contributed by atoms with Crippen LogP contribution in [-0.4, -0.2) is 53.2 Å². The Morgan fingerprint density at radius 1 is 1.36 bits per heavy atom. The van der Waals surface area contributed by atoms with E-state index in [1.807, 2.05) is 33.2 Å². The van der Waals surface area contributed by atoms with E-state index in [9.17, 15) is 8.42 Å². The Kier molecular flexibility index (Phi) is 4.83. The van der Waals surface area contributed by atoms with Crippen molar-refractivity contribution >= 4 is 9.84 Å². The standard InChI is InChI=1S/C17H24N4O3S/c1-12-7-13(2)19-17(24-4)15(12)10-21-5-6-25(22,23)11-16(21)14-8-18-20(3)9-14/h7-9,16H,5-6,10-11H2,1-4H3. The molecule has 1 saturated heterocycles. The monoisotopic (exact) mass is 364 g/mol. The Hall–Kier alpha value is -1.93. The van der Waals surface area contributed by atoms with Gasteiger partial charge in [0.15, 0.2) is 9.84 Å². The van der Waals surface area contributed by atoms with Gasteiger partial charge in [-0.15, -0.1) is 0 Å². The van der Waals surface area contributed by atoms with Crippen LogP contribution in [0, 0.1) is 13.8 Å². The van der Waals surface area contributed by atoms with E-state index in [-0.39, 0.29) is 17.5 Å². The smallest absolute Gasteiger partial charge is 0.218 e. The molecule has 3 rings (SSSR count). The highest BCUT2D eigenvalue weighted by Crippen LogP contribution is 2.31. The molecule has 0 radical (unpaired) electrons. The van der Waals surface area contributed by atoms with Crippen molar-refractivity contribution in [1.29, 1.82) is 0 Å². The maximum atomic E-state index is 12.2. The summed E-state index contributed by atoms with van der Waals surface area (Å²) in [6.45, 7) is 5.05. The summed E-state index contributed by atoms with van der Waals surface area (Å²) in [4.78, 5) is 6.65. The predicted molar refractivity (Wildman–Crippen MR) is 95.3 cm³/mol. The molecule has 2 aromatic rings. The van der Waals surface area contributed by atoms with Gasteiger partial charge in [0.2, 0.25) is 5.88 Å². The molecule has 0 amide bonds. The number of sulfone groups is 1. The summed E-state index contributed by atoms with van der Waals surface area (Å²) in [5.41, 5.74) is 3.93. The highest BCUT2D eigenvalue weighted by molar-refractivity contribution is 7.91. The number of nitrogens with zero attached hydrogens (tertiary/aromatic N) is 4. The topological polar surface area (TPSA) is 77.3 Å². The Bertz CT molecular complexity index is 876. The minimum atomic E-state index is -3.05. The van der Waals surface area contributed by atoms with Crippen molar-refractivity contribution in [3.8, 4) is 5.88 Å². The molecule has 2 aromatic heterocycles. The average Bonchev–Trinajstić information content (AvgIpc) is 2.97. The van der Waals surface area contributed by atoms with E-state index in [1.54, 1.807) is 18.0 Å². The molecule has 1 aliphatic rings. The van der Waals surface area contributed by atoms with Crippen molar-refractivity contribution in [2.24, 2.45) is 7.05 Å². The number of hydrogen-bond donors (Lipinski definition) is 0. The Labute approximate surface area is 148 Å². The lowest BCUT2D eigenvalue weighted by Crippen LogP contribution is -2.42. The van der Waals surface area contributed by atoms with Gasteiger partial charge < -0.3 is 4.74 Å². The highest BCUT2D eigenvalue weighted by Gasteiger charge is 2.33. The second-order valence-corrected chi connectivity index (χ2v) is 8.85. The van der Waals surface area contributed by atoms with Gasteiger partial charge in [0, 0.05) is 43.2 Å². The second kappa shape index (κ2) is 6.76. The summed E-state index contributed by atoms with van der Waals surface area (Å²) < 4.78 is 31.5. The molecule has 0 bridgehead atoms. The first-order valence-corrected chi connectivity index (χ1v) is 10.1. The quantitative estimate of drug-likeness (QED) is 0.816. The molecule has 0 saturated carbocycles. The van der Waals surface area contributed by atoms with Crippen molar-refractivity contribution in [3.63, 3.8) is 0 Å². The van der Waals surface area contributed by atoms with Crippen molar-refractivity contribution in [2.45, 2.75) is 26.4 Å². The van der Waals surface area contributed by atoms with Crippen LogP contribution in [0.4, 0.5) is 0 Å². The summed E-state index contributed by atoms with van der Waals surface area (Å²) in [5.74, 6) is 0.889. The van der Waals surface area contributed by atoms with E-state index in [1.165, 1.54) is 0 Å². The van der Waals surface area contributed by atoms with Gasteiger partial charge in [-0.3, -0.25) is 9.58 Å². The molecule has 1 unspecified atom stereocenters. The summed E-state index contributed by atoms with van der Waals surface area (Å²) in [6.07, 6.45) is 3.63. The Morgan fingerprint density at radius 3 is 2.76 bits per heavy atom. The molecule has 3 heterocycles. The minimum absolute atomic E-state index is 0.110. The van der Waals surface area contributed by atoms with Gasteiger partial charge in [0.05, 0.1) is 30.9 Å². The summed E-state index contributed by atoms with van der Waals surface area (Å²) in [7, 11) is 0.396. The number of methoxy groups -OCH3 is 1. The fourth-order valence-electron chi connectivity index (χ4n) is 3.34. The summed E-state index contributed by atoms with van der Waals surface area (Å²) in [5, 5.41) is 4.20. The second-order valence-electron chi connectivity index (χ2n) is 6.62. The van der Waals surface area contributed by atoms with Crippen LogP contribution in [0.1, 0.15) is 28.4 Å². The molecule has 0 N–H and O–H groups in total. The highest BCUT2D eigenvalue weighted by atomic mass is 32.2. The van der Waals surface area contributed by atoms with Crippen LogP contribution in [0.2, 0.25) is 0 Å². The van der Waals surface area contributed by atoms with E-state index in [0.29, 0.717) is 19.0 Å². The van der Waals surface area contributed by atoms with Crippen molar-refractivity contribution in [3.05, 3.63) is 40.8 Å². The molecular formula is C17H24N4O3S. The van der Waals surface area contributed by atoms with Crippen LogP contribution in [0.3, 0.4) is 0 Å². The zero-order chi connectivity index (χ0) is 18.2. The van der Waals surface area contributed by atoms with Gasteiger partial charge in [-0.05, 0) is 25.5 Å². The van der Waals surface area contributed by atoms with Crippen molar-refractivity contribution in [1.82, 2.24) is 19.7 Å². The lowest BCUT2D eigenvalue weighted by atomic mass is 10.1. The van der Waals surface area contributed by atoms with E-state index in [0.717, 1.165) is 22.4 Å². The van der Waals surface area contributed by atoms with Gasteiger partial charge in [-0.2, -0.15) is 5.10 Å². The fourth-order valence-corrected chi connectivity index (χ4v) is 4.91. The molecule has 25 heavy (non-hydrogen) atoms. The molecule has 0 aliphatic carbocycles. The third-order valence-corrected chi connectivity index (χ3v) is 6.27. The summed E-state index contributed by atoms with van der Waals surface area (Å²) in [6, 6.07) is 1.82. The molecule has 1 atom stereocenters. The molecule has 0 aromatic carbocycles. The first-order valence-electron chi connectivity index (χ1n) is 8.23. The molecule has 8 heteroatoms. The Balaban J connectivity index is 1.95. The predicted octanol–water partition coefficient (Wildman–Crippen LogP) is 1.41. The molecule has 1 aliphatic heterocycles. The van der Waals surface area contributed by atoms with Gasteiger partial charge in [0.25, 0.3) is 0 Å². The molecule has 7 nitrogen and oxygen atoms in total. The number of hydrogen-bond acceptors (Lipinski definition) is 6. The van der Waals surface area contributed by atoms with Gasteiger partial charge in [-0.25, -0.2) is 13.4 Å². The van der Waals surface area contributed by atoms with E-state index in [2.05, 4.69) is 15.0 Å². The van der Waals surface area contributed by atoms with Gasteiger partial charge >= 0.3 is 0 Å². The van der Waals surface area contributed by atoms with Crippen LogP contribution in [-0.2, 0) is 23.4 Å². The van der Waals surface area contributed by atoms with Crippen LogP contribution >= 0.6 is 0 Å². The number of pyridine rings is 1. The fraction of sp³-hybridized carbons (Fsp3) is 0.529. The lowest BCUT2D eigenvalue weighted by Gasteiger charge is -2.35. The zero-order valence-electron chi connectivity index (χ0n) is 15.1. The first kappa shape index (κ1) is 17.9. The zero-order valence-corrected chi connectivity index (χ0v) is 15.9. The van der Waals surface area contributed by atoms with Crippen LogP contribution < -0.4 is 4.74 Å². The number of ether oxygens (including phenoxy) is 1. The van der Waals surface area contributed by atoms with E-state index >= 15 is 0 Å². The van der Waals surface area contributed by atoms with Gasteiger partial charge in [0.1, 0.15) is 0 Å². The molecule has 136 valence electrons. The maximum Gasteiger partial charge on any atom is 0.218 e. The largest absolute Gasteiger partial charge is 0.481 e. The molecule has 0 spiro atoms. The molecule has 1 fully saturated rings. The van der Waals surface area contributed by atoms with Crippen LogP contribution in [0.5, 0.6) is 5.88 Å². The van der Waals surface area contributed by atoms with Crippen molar-refractivity contribution in [2.75, 3.05) is 25.2 Å². The normalized spacial score (nSPS) is 20.6. The van der Waals surface area contributed by atoms with Crippen LogP contribution in [0.15, 0.2) is 18.5 Å². The number of rotatable bonds is 4. The van der Waals surface area contributed by atoms with Crippen LogP contribution in [0.25, 0.3) is 0 Å². The summed E-state index contributed by atoms with van der Waals surface area (Å²) >= 11 is 0. The van der Waals surface area contributed by atoms with E-state index < -0.39 is 9.84 Å². The third kappa shape index (κ3) is 3.85. The number of aryl methyl sites for hydroxylation is 3. The third-order valence-electron chi connectivity index (χ3n) is 4.64. The Morgan fingerprint density at radius 2 is 2.12 bits per heavy atom. The molecular weight excluding hydrogens is 340 g/mol. The SMILES string of the molecule is COc1nc(C)cc(C)c1CN1CCS(=O)(=O)CC1c1cnn(C)c1.